The number of hydrogen-bond donors (Lipinski definition) is 1. The van der Waals surface area contributed by atoms with Gasteiger partial charge in [0.2, 0.25) is 5.91 Å². The number of nitrogens with zero attached hydrogens (tertiary/aromatic N) is 3. The van der Waals surface area contributed by atoms with Crippen LogP contribution in [0.5, 0.6) is 0 Å². The van der Waals surface area contributed by atoms with Crippen LogP contribution in [0.15, 0.2) is 60.0 Å². The second kappa shape index (κ2) is 9.28. The van der Waals surface area contributed by atoms with E-state index in [2.05, 4.69) is 44.5 Å². The zero-order valence-corrected chi connectivity index (χ0v) is 18.9. The van der Waals surface area contributed by atoms with E-state index in [9.17, 15) is 9.18 Å². The van der Waals surface area contributed by atoms with Gasteiger partial charge in [0.25, 0.3) is 0 Å². The molecule has 5 nitrogen and oxygen atoms in total. The molecule has 5 rings (SSSR count). The number of aromatic nitrogens is 2. The molecule has 2 aromatic heterocycles. The van der Waals surface area contributed by atoms with E-state index >= 15 is 0 Å². The van der Waals surface area contributed by atoms with Crippen LogP contribution in [0.3, 0.4) is 0 Å². The first-order valence-corrected chi connectivity index (χ1v) is 12.1. The topological polar surface area (TPSA) is 58.1 Å². The summed E-state index contributed by atoms with van der Waals surface area (Å²) in [6.45, 7) is 2.72. The summed E-state index contributed by atoms with van der Waals surface area (Å²) in [7, 11) is 0. The summed E-state index contributed by atoms with van der Waals surface area (Å²) in [6.07, 6.45) is 1.05. The fourth-order valence-corrected chi connectivity index (χ4v) is 5.63. The standard InChI is InChI=1S/C24H21FN4OS2/c25-18-8-4-7-17(11-18)23-26-19(15-31-23)12-22(30)28-24-27-20-9-10-29(14-21(20)32-24)13-16-5-2-1-3-6-16/h1-8,11,15H,9-10,12-14H2,(H,27,28,30). The maximum absolute atomic E-state index is 13.4. The summed E-state index contributed by atoms with van der Waals surface area (Å²) in [4.78, 5) is 25.3. The Balaban J connectivity index is 1.19. The molecule has 8 heteroatoms. The number of thiazole rings is 2. The Kier molecular flexibility index (Phi) is 6.07. The third-order valence-electron chi connectivity index (χ3n) is 5.27. The van der Waals surface area contributed by atoms with E-state index in [1.807, 2.05) is 17.5 Å². The summed E-state index contributed by atoms with van der Waals surface area (Å²) in [6, 6.07) is 16.8. The Bertz CT molecular complexity index is 1240. The van der Waals surface area contributed by atoms with Gasteiger partial charge in [0.05, 0.1) is 17.8 Å². The molecule has 0 aliphatic carbocycles. The van der Waals surface area contributed by atoms with Crippen molar-refractivity contribution in [2.45, 2.75) is 25.9 Å². The van der Waals surface area contributed by atoms with Gasteiger partial charge in [-0.3, -0.25) is 9.69 Å². The van der Waals surface area contributed by atoms with Gasteiger partial charge >= 0.3 is 0 Å². The van der Waals surface area contributed by atoms with Gasteiger partial charge < -0.3 is 5.32 Å². The Hall–Kier alpha value is -2.94. The van der Waals surface area contributed by atoms with Gasteiger partial charge in [0, 0.05) is 41.9 Å². The highest BCUT2D eigenvalue weighted by Gasteiger charge is 2.21. The minimum Gasteiger partial charge on any atom is -0.302 e. The van der Waals surface area contributed by atoms with Crippen LogP contribution >= 0.6 is 22.7 Å². The lowest BCUT2D eigenvalue weighted by Crippen LogP contribution is -2.29. The van der Waals surface area contributed by atoms with E-state index in [1.165, 1.54) is 33.9 Å². The molecule has 162 valence electrons. The van der Waals surface area contributed by atoms with Crippen LogP contribution in [-0.2, 0) is 30.7 Å². The van der Waals surface area contributed by atoms with Crippen molar-refractivity contribution in [3.05, 3.63) is 87.6 Å². The molecule has 32 heavy (non-hydrogen) atoms. The largest absolute Gasteiger partial charge is 0.302 e. The molecule has 0 bridgehead atoms. The van der Waals surface area contributed by atoms with Crippen LogP contribution in [0.25, 0.3) is 10.6 Å². The average molecular weight is 465 g/mol. The van der Waals surface area contributed by atoms with Crippen LogP contribution in [0.1, 0.15) is 21.8 Å². The smallest absolute Gasteiger partial charge is 0.232 e. The van der Waals surface area contributed by atoms with Crippen LogP contribution in [0.2, 0.25) is 0 Å². The molecule has 1 aliphatic heterocycles. The first kappa shape index (κ1) is 20.9. The molecule has 1 aliphatic rings. The predicted octanol–water partition coefficient (Wildman–Crippen LogP) is 5.15. The van der Waals surface area contributed by atoms with Crippen molar-refractivity contribution >= 4 is 33.7 Å². The number of amides is 1. The molecule has 0 saturated carbocycles. The third-order valence-corrected chi connectivity index (χ3v) is 7.21. The molecule has 3 heterocycles. The van der Waals surface area contributed by atoms with Crippen molar-refractivity contribution in [2.24, 2.45) is 0 Å². The Morgan fingerprint density at radius 3 is 2.84 bits per heavy atom. The Morgan fingerprint density at radius 1 is 1.12 bits per heavy atom. The van der Waals surface area contributed by atoms with Crippen molar-refractivity contribution in [1.82, 2.24) is 14.9 Å². The lowest BCUT2D eigenvalue weighted by molar-refractivity contribution is -0.115. The zero-order chi connectivity index (χ0) is 21.9. The number of carbonyl (C=O) groups excluding carboxylic acids is 1. The van der Waals surface area contributed by atoms with Crippen molar-refractivity contribution in [2.75, 3.05) is 11.9 Å². The average Bonchev–Trinajstić information content (AvgIpc) is 3.40. The molecule has 0 saturated heterocycles. The Labute approximate surface area is 193 Å². The maximum atomic E-state index is 13.4. The minimum atomic E-state index is -0.299. The molecule has 1 N–H and O–H groups in total. The van der Waals surface area contributed by atoms with Crippen LogP contribution in [0, 0.1) is 5.82 Å². The highest BCUT2D eigenvalue weighted by molar-refractivity contribution is 7.15. The first-order chi connectivity index (χ1) is 15.6. The fraction of sp³-hybridized carbons (Fsp3) is 0.208. The van der Waals surface area contributed by atoms with Gasteiger partial charge in [-0.2, -0.15) is 0 Å². The third kappa shape index (κ3) is 4.93. The fourth-order valence-electron chi connectivity index (χ4n) is 3.75. The molecule has 1 amide bonds. The van der Waals surface area contributed by atoms with E-state index in [1.54, 1.807) is 17.4 Å². The maximum Gasteiger partial charge on any atom is 0.232 e. The number of anilines is 1. The highest BCUT2D eigenvalue weighted by Crippen LogP contribution is 2.29. The lowest BCUT2D eigenvalue weighted by atomic mass is 10.1. The van der Waals surface area contributed by atoms with Crippen molar-refractivity contribution in [1.29, 1.82) is 0 Å². The Morgan fingerprint density at radius 2 is 2.00 bits per heavy atom. The van der Waals surface area contributed by atoms with Gasteiger partial charge in [-0.05, 0) is 17.7 Å². The second-order valence-corrected chi connectivity index (χ2v) is 9.66. The quantitative estimate of drug-likeness (QED) is 0.429. The minimum absolute atomic E-state index is 0.145. The van der Waals surface area contributed by atoms with Gasteiger partial charge in [0.15, 0.2) is 5.13 Å². The number of rotatable bonds is 6. The van der Waals surface area contributed by atoms with Gasteiger partial charge in [-0.25, -0.2) is 14.4 Å². The molecule has 0 spiro atoms. The van der Waals surface area contributed by atoms with Gasteiger partial charge in [0.1, 0.15) is 10.8 Å². The molecular weight excluding hydrogens is 443 g/mol. The summed E-state index contributed by atoms with van der Waals surface area (Å²) in [5.41, 5.74) is 3.77. The zero-order valence-electron chi connectivity index (χ0n) is 17.3. The van der Waals surface area contributed by atoms with Crippen molar-refractivity contribution in [3.63, 3.8) is 0 Å². The monoisotopic (exact) mass is 464 g/mol. The van der Waals surface area contributed by atoms with E-state index in [0.29, 0.717) is 21.4 Å². The molecule has 0 radical (unpaired) electrons. The van der Waals surface area contributed by atoms with Gasteiger partial charge in [-0.1, -0.05) is 42.5 Å². The number of carbonyl (C=O) groups is 1. The summed E-state index contributed by atoms with van der Waals surface area (Å²) in [5.74, 6) is -0.444. The summed E-state index contributed by atoms with van der Waals surface area (Å²) in [5, 5.41) is 6.11. The van der Waals surface area contributed by atoms with Crippen LogP contribution in [0.4, 0.5) is 9.52 Å². The number of hydrogen-bond acceptors (Lipinski definition) is 6. The molecule has 0 fully saturated rings. The molecule has 0 atom stereocenters. The lowest BCUT2D eigenvalue weighted by Gasteiger charge is -2.25. The van der Waals surface area contributed by atoms with E-state index < -0.39 is 0 Å². The first-order valence-electron chi connectivity index (χ1n) is 10.4. The number of halogens is 1. The van der Waals surface area contributed by atoms with Crippen molar-refractivity contribution in [3.8, 4) is 10.6 Å². The molecule has 4 aromatic rings. The predicted molar refractivity (Wildman–Crippen MR) is 126 cm³/mol. The molecule has 0 unspecified atom stereocenters. The number of fused-ring (bicyclic) bond motifs is 1. The van der Waals surface area contributed by atoms with E-state index in [4.69, 9.17) is 0 Å². The normalized spacial score (nSPS) is 13.7. The van der Waals surface area contributed by atoms with Gasteiger partial charge in [-0.15, -0.1) is 22.7 Å². The van der Waals surface area contributed by atoms with Crippen molar-refractivity contribution < 1.29 is 9.18 Å². The van der Waals surface area contributed by atoms with E-state index in [-0.39, 0.29) is 18.1 Å². The van der Waals surface area contributed by atoms with E-state index in [0.717, 1.165) is 31.7 Å². The summed E-state index contributed by atoms with van der Waals surface area (Å²) < 4.78 is 13.4. The van der Waals surface area contributed by atoms with Crippen LogP contribution < -0.4 is 5.32 Å². The second-order valence-electron chi connectivity index (χ2n) is 7.71. The molecule has 2 aromatic carbocycles. The SMILES string of the molecule is O=C(Cc1csc(-c2cccc(F)c2)n1)Nc1nc2c(s1)CN(Cc1ccccc1)CC2. The number of nitrogens with one attached hydrogen (secondary N) is 1. The highest BCUT2D eigenvalue weighted by atomic mass is 32.1. The number of benzene rings is 2. The molecular formula is C24H21FN4OS2. The summed E-state index contributed by atoms with van der Waals surface area (Å²) >= 11 is 2.95. The van der Waals surface area contributed by atoms with Crippen LogP contribution in [-0.4, -0.2) is 27.3 Å².